The van der Waals surface area contributed by atoms with Crippen molar-refractivity contribution in [1.82, 2.24) is 5.32 Å². The van der Waals surface area contributed by atoms with Crippen molar-refractivity contribution in [2.45, 2.75) is 379 Å². The Balaban J connectivity index is 3.37. The molecule has 0 bridgehead atoms. The average molecular weight is 1030 g/mol. The van der Waals surface area contributed by atoms with Gasteiger partial charge in [0, 0.05) is 12.8 Å². The highest BCUT2D eigenvalue weighted by atomic mass is 16.5. The molecule has 0 aliphatic carbocycles. The first-order valence-electron chi connectivity index (χ1n) is 33.1. The zero-order valence-corrected chi connectivity index (χ0v) is 49.4. The summed E-state index contributed by atoms with van der Waals surface area (Å²) in [5, 5.41) is 23.1. The molecule has 0 radical (unpaired) electrons. The molecule has 0 aliphatic heterocycles. The van der Waals surface area contributed by atoms with Crippen LogP contribution in [0.1, 0.15) is 367 Å². The number of carbonyl (C=O) groups is 2. The summed E-state index contributed by atoms with van der Waals surface area (Å²) in [5.74, 6) is -0.0471. The van der Waals surface area contributed by atoms with Gasteiger partial charge >= 0.3 is 5.97 Å². The monoisotopic (exact) mass is 1030 g/mol. The molecule has 432 valence electrons. The van der Waals surface area contributed by atoms with Crippen LogP contribution in [-0.2, 0) is 14.3 Å². The predicted octanol–water partition coefficient (Wildman–Crippen LogP) is 21.0. The molecule has 0 saturated heterocycles. The van der Waals surface area contributed by atoms with Crippen molar-refractivity contribution >= 4 is 11.9 Å². The molecule has 0 aromatic carbocycles. The van der Waals surface area contributed by atoms with E-state index in [0.717, 1.165) is 38.5 Å². The third-order valence-electron chi connectivity index (χ3n) is 15.5. The van der Waals surface area contributed by atoms with Crippen LogP contribution in [0.2, 0.25) is 0 Å². The van der Waals surface area contributed by atoms with Crippen molar-refractivity contribution in [3.8, 4) is 0 Å². The number of ether oxygens (including phenoxy) is 1. The highest BCUT2D eigenvalue weighted by Gasteiger charge is 2.18. The van der Waals surface area contributed by atoms with Crippen molar-refractivity contribution in [2.75, 3.05) is 13.2 Å². The van der Waals surface area contributed by atoms with Crippen LogP contribution in [0.25, 0.3) is 0 Å². The molecule has 0 spiro atoms. The number of aliphatic hydroxyl groups excluding tert-OH is 2. The lowest BCUT2D eigenvalue weighted by Crippen LogP contribution is -2.45. The first-order valence-corrected chi connectivity index (χ1v) is 33.1. The molecule has 6 nitrogen and oxygen atoms in total. The minimum atomic E-state index is -0.842. The van der Waals surface area contributed by atoms with Crippen LogP contribution in [0.15, 0.2) is 24.3 Å². The number of allylic oxidation sites excluding steroid dienone is 3. The van der Waals surface area contributed by atoms with Gasteiger partial charge < -0.3 is 20.3 Å². The van der Waals surface area contributed by atoms with Crippen molar-refractivity contribution in [3.05, 3.63) is 24.3 Å². The fourth-order valence-electron chi connectivity index (χ4n) is 10.4. The standard InChI is InChI=1S/C67H129NO5/c1-3-5-7-9-11-13-15-17-37-41-45-49-53-57-61-67(72)73-62-58-54-50-46-42-38-34-32-30-28-26-24-22-20-18-19-21-23-25-27-29-31-33-36-40-44-48-52-56-60-66(71)68-64(63-69)65(70)59-55-51-47-43-39-35-16-14-12-10-8-6-4-2/h18,20,55,59,64-65,69-70H,3-17,19,21-54,56-58,60-63H2,1-2H3,(H,68,71)/b20-18-,59-55+. The molecular weight excluding hydrogens is 899 g/mol. The highest BCUT2D eigenvalue weighted by molar-refractivity contribution is 5.76. The number of rotatable bonds is 62. The lowest BCUT2D eigenvalue weighted by atomic mass is 10.0. The van der Waals surface area contributed by atoms with E-state index >= 15 is 0 Å². The number of carbonyl (C=O) groups excluding carboxylic acids is 2. The second kappa shape index (κ2) is 62.9. The molecule has 1 amide bonds. The maximum absolute atomic E-state index is 12.5. The van der Waals surface area contributed by atoms with Gasteiger partial charge in [-0.05, 0) is 57.8 Å². The molecule has 0 aromatic heterocycles. The van der Waals surface area contributed by atoms with E-state index in [9.17, 15) is 19.8 Å². The lowest BCUT2D eigenvalue weighted by molar-refractivity contribution is -0.143. The molecule has 0 rings (SSSR count). The summed E-state index contributed by atoms with van der Waals surface area (Å²) < 4.78 is 5.49. The Kier molecular flexibility index (Phi) is 61.4. The van der Waals surface area contributed by atoms with Gasteiger partial charge in [-0.15, -0.1) is 0 Å². The normalized spacial score (nSPS) is 12.7. The number of amides is 1. The molecule has 2 unspecified atom stereocenters. The summed E-state index contributed by atoms with van der Waals surface area (Å²) in [4.78, 5) is 24.5. The van der Waals surface area contributed by atoms with Crippen molar-refractivity contribution < 1.29 is 24.5 Å². The van der Waals surface area contributed by atoms with Crippen molar-refractivity contribution in [2.24, 2.45) is 0 Å². The number of unbranched alkanes of at least 4 members (excludes halogenated alkanes) is 49. The topological polar surface area (TPSA) is 95.9 Å². The zero-order chi connectivity index (χ0) is 52.9. The largest absolute Gasteiger partial charge is 0.466 e. The fourth-order valence-corrected chi connectivity index (χ4v) is 10.4. The Hall–Kier alpha value is -1.66. The molecule has 0 saturated carbocycles. The summed E-state index contributed by atoms with van der Waals surface area (Å²) in [6.45, 7) is 4.93. The summed E-state index contributed by atoms with van der Waals surface area (Å²) in [5.41, 5.74) is 0. The molecular formula is C67H129NO5. The maximum Gasteiger partial charge on any atom is 0.305 e. The quantitative estimate of drug-likeness (QED) is 0.0320. The van der Waals surface area contributed by atoms with E-state index in [2.05, 4.69) is 31.3 Å². The van der Waals surface area contributed by atoms with Gasteiger partial charge in [0.1, 0.15) is 0 Å². The van der Waals surface area contributed by atoms with Gasteiger partial charge in [-0.3, -0.25) is 9.59 Å². The minimum absolute atomic E-state index is 0.0188. The Morgan fingerprint density at radius 2 is 0.644 bits per heavy atom. The first-order chi connectivity index (χ1) is 36.0. The molecule has 6 heteroatoms. The van der Waals surface area contributed by atoms with Crippen molar-refractivity contribution in [3.63, 3.8) is 0 Å². The van der Waals surface area contributed by atoms with Crippen LogP contribution in [-0.4, -0.2) is 47.4 Å². The molecule has 0 heterocycles. The third kappa shape index (κ3) is 59.4. The third-order valence-corrected chi connectivity index (χ3v) is 15.5. The van der Waals surface area contributed by atoms with Crippen molar-refractivity contribution in [1.29, 1.82) is 0 Å². The number of hydrogen-bond donors (Lipinski definition) is 3. The Morgan fingerprint density at radius 3 is 0.973 bits per heavy atom. The molecule has 0 aromatic rings. The second-order valence-electron chi connectivity index (χ2n) is 22.8. The molecule has 2 atom stereocenters. The Morgan fingerprint density at radius 1 is 0.370 bits per heavy atom. The second-order valence-corrected chi connectivity index (χ2v) is 22.8. The van der Waals surface area contributed by atoms with E-state index in [1.54, 1.807) is 6.08 Å². The first kappa shape index (κ1) is 71.3. The Bertz CT molecular complexity index is 1140. The summed E-state index contributed by atoms with van der Waals surface area (Å²) in [6.07, 6.45) is 78.2. The number of nitrogens with one attached hydrogen (secondary N) is 1. The summed E-state index contributed by atoms with van der Waals surface area (Å²) in [7, 11) is 0. The molecule has 73 heavy (non-hydrogen) atoms. The summed E-state index contributed by atoms with van der Waals surface area (Å²) in [6, 6.07) is -0.626. The van der Waals surface area contributed by atoms with E-state index in [-0.39, 0.29) is 18.5 Å². The fraction of sp³-hybridized carbons (Fsp3) is 0.910. The van der Waals surface area contributed by atoms with E-state index in [0.29, 0.717) is 19.4 Å². The van der Waals surface area contributed by atoms with Gasteiger partial charge in [0.05, 0.1) is 25.4 Å². The van der Waals surface area contributed by atoms with Crippen LogP contribution in [0.5, 0.6) is 0 Å². The summed E-state index contributed by atoms with van der Waals surface area (Å²) >= 11 is 0. The lowest BCUT2D eigenvalue weighted by Gasteiger charge is -2.20. The van der Waals surface area contributed by atoms with Gasteiger partial charge in [-0.2, -0.15) is 0 Å². The zero-order valence-electron chi connectivity index (χ0n) is 49.4. The number of hydrogen-bond acceptors (Lipinski definition) is 5. The minimum Gasteiger partial charge on any atom is -0.466 e. The van der Waals surface area contributed by atoms with E-state index in [4.69, 9.17) is 4.74 Å². The van der Waals surface area contributed by atoms with Gasteiger partial charge in [-0.1, -0.05) is 321 Å². The van der Waals surface area contributed by atoms with Crippen LogP contribution in [0, 0.1) is 0 Å². The maximum atomic E-state index is 12.5. The van der Waals surface area contributed by atoms with Gasteiger partial charge in [0.25, 0.3) is 0 Å². The molecule has 0 aliphatic rings. The van der Waals surface area contributed by atoms with Crippen LogP contribution in [0.3, 0.4) is 0 Å². The SMILES string of the molecule is CCCCCCCCCCCCC/C=C/C(O)C(CO)NC(=O)CCCCCCCCCCCCCCC/C=C\CCCCCCCCCCCCCCOC(=O)CCCCCCCCCCCCCCCC. The van der Waals surface area contributed by atoms with Crippen LogP contribution in [0.4, 0.5) is 0 Å². The van der Waals surface area contributed by atoms with Gasteiger partial charge in [0.2, 0.25) is 5.91 Å². The van der Waals surface area contributed by atoms with E-state index in [1.807, 2.05) is 6.08 Å². The van der Waals surface area contributed by atoms with E-state index in [1.165, 1.54) is 302 Å². The predicted molar refractivity (Wildman–Crippen MR) is 320 cm³/mol. The number of esters is 1. The smallest absolute Gasteiger partial charge is 0.305 e. The molecule has 0 fully saturated rings. The number of aliphatic hydroxyl groups is 2. The van der Waals surface area contributed by atoms with Crippen LogP contribution < -0.4 is 5.32 Å². The van der Waals surface area contributed by atoms with E-state index < -0.39 is 12.1 Å². The van der Waals surface area contributed by atoms with Crippen LogP contribution >= 0.6 is 0 Å². The molecule has 3 N–H and O–H groups in total. The highest BCUT2D eigenvalue weighted by Crippen LogP contribution is 2.18. The Labute approximate surface area is 456 Å². The van der Waals surface area contributed by atoms with Gasteiger partial charge in [-0.25, -0.2) is 0 Å². The van der Waals surface area contributed by atoms with Gasteiger partial charge in [0.15, 0.2) is 0 Å². The average Bonchev–Trinajstić information content (AvgIpc) is 3.39.